The van der Waals surface area contributed by atoms with Crippen molar-refractivity contribution in [2.45, 2.75) is 46.5 Å². The first-order chi connectivity index (χ1) is 9.79. The van der Waals surface area contributed by atoms with Crippen LogP contribution in [-0.2, 0) is 11.8 Å². The molecule has 0 aliphatic heterocycles. The Morgan fingerprint density at radius 3 is 1.90 bits per heavy atom. The van der Waals surface area contributed by atoms with Gasteiger partial charge in [-0.1, -0.05) is 63.2 Å². The molecule has 0 radical (unpaired) electrons. The predicted octanol–water partition coefficient (Wildman–Crippen LogP) is 5.03. The fraction of sp³-hybridized carbons (Fsp3) is 0.350. The van der Waals surface area contributed by atoms with Gasteiger partial charge in [-0.25, -0.2) is 0 Å². The minimum Gasteiger partial charge on any atom is -0.294 e. The van der Waals surface area contributed by atoms with Gasteiger partial charge in [-0.3, -0.25) is 4.79 Å². The van der Waals surface area contributed by atoms with Gasteiger partial charge in [-0.2, -0.15) is 0 Å². The molecule has 0 atom stereocenters. The van der Waals surface area contributed by atoms with E-state index in [1.54, 1.807) is 0 Å². The van der Waals surface area contributed by atoms with Crippen LogP contribution in [0.2, 0.25) is 0 Å². The van der Waals surface area contributed by atoms with Gasteiger partial charge in [0.15, 0.2) is 5.78 Å². The maximum absolute atomic E-state index is 12.5. The monoisotopic (exact) mass is 280 g/mol. The molecule has 2 aromatic carbocycles. The van der Waals surface area contributed by atoms with Crippen LogP contribution in [-0.4, -0.2) is 5.78 Å². The quantitative estimate of drug-likeness (QED) is 0.721. The molecule has 0 unspecified atom stereocenters. The first-order valence-corrected chi connectivity index (χ1v) is 7.48. The smallest absolute Gasteiger partial charge is 0.167 e. The van der Waals surface area contributed by atoms with Gasteiger partial charge in [-0.05, 0) is 41.5 Å². The molecule has 0 saturated carbocycles. The number of rotatable bonds is 3. The number of benzene rings is 2. The summed E-state index contributed by atoms with van der Waals surface area (Å²) < 4.78 is 0. The molecule has 0 heterocycles. The van der Waals surface area contributed by atoms with Gasteiger partial charge in [0, 0.05) is 12.0 Å². The number of hydrogen-bond donors (Lipinski definition) is 0. The Hall–Kier alpha value is -1.89. The summed E-state index contributed by atoms with van der Waals surface area (Å²) in [4.78, 5) is 12.5. The highest BCUT2D eigenvalue weighted by molar-refractivity contribution is 5.97. The first-order valence-electron chi connectivity index (χ1n) is 7.48. The van der Waals surface area contributed by atoms with Crippen molar-refractivity contribution in [1.29, 1.82) is 0 Å². The number of carbonyl (C=O) groups is 1. The van der Waals surface area contributed by atoms with Crippen LogP contribution in [0, 0.1) is 13.8 Å². The predicted molar refractivity (Wildman–Crippen MR) is 89.1 cm³/mol. The standard InChI is InChI=1S/C20H24O/c1-14-7-6-8-15(2)18(14)13-19(21)16-9-11-17(12-10-16)20(3,4)5/h6-12H,13H2,1-5H3. The number of ketones is 1. The maximum Gasteiger partial charge on any atom is 0.167 e. The normalized spacial score (nSPS) is 11.5. The van der Waals surface area contributed by atoms with E-state index in [2.05, 4.69) is 58.9 Å². The minimum atomic E-state index is 0.119. The lowest BCUT2D eigenvalue weighted by Gasteiger charge is -2.19. The summed E-state index contributed by atoms with van der Waals surface area (Å²) in [5, 5.41) is 0. The van der Waals surface area contributed by atoms with Crippen molar-refractivity contribution in [2.24, 2.45) is 0 Å². The Morgan fingerprint density at radius 2 is 1.43 bits per heavy atom. The fourth-order valence-corrected chi connectivity index (χ4v) is 2.55. The molecule has 0 N–H and O–H groups in total. The summed E-state index contributed by atoms with van der Waals surface area (Å²) in [6.07, 6.45) is 0.480. The molecule has 0 spiro atoms. The van der Waals surface area contributed by atoms with Crippen molar-refractivity contribution < 1.29 is 4.79 Å². The molecular formula is C20H24O. The topological polar surface area (TPSA) is 17.1 Å². The second-order valence-electron chi connectivity index (χ2n) is 6.80. The lowest BCUT2D eigenvalue weighted by atomic mass is 9.86. The zero-order valence-electron chi connectivity index (χ0n) is 13.7. The van der Waals surface area contributed by atoms with E-state index in [1.807, 2.05) is 18.2 Å². The van der Waals surface area contributed by atoms with E-state index >= 15 is 0 Å². The Bertz CT molecular complexity index is 622. The number of hydrogen-bond acceptors (Lipinski definition) is 1. The zero-order valence-corrected chi connectivity index (χ0v) is 13.7. The van der Waals surface area contributed by atoms with Crippen LogP contribution >= 0.6 is 0 Å². The van der Waals surface area contributed by atoms with Crippen molar-refractivity contribution in [2.75, 3.05) is 0 Å². The van der Waals surface area contributed by atoms with Crippen LogP contribution in [0.3, 0.4) is 0 Å². The third-order valence-electron chi connectivity index (χ3n) is 4.05. The second kappa shape index (κ2) is 5.85. The lowest BCUT2D eigenvalue weighted by molar-refractivity contribution is 0.0992. The largest absolute Gasteiger partial charge is 0.294 e. The first kappa shape index (κ1) is 15.5. The Labute approximate surface area is 128 Å². The molecule has 0 saturated heterocycles. The summed E-state index contributed by atoms with van der Waals surface area (Å²) in [5.74, 6) is 0.188. The van der Waals surface area contributed by atoms with Crippen LogP contribution in [0.25, 0.3) is 0 Å². The Balaban J connectivity index is 2.21. The Kier molecular flexibility index (Phi) is 4.32. The summed E-state index contributed by atoms with van der Waals surface area (Å²) in [6.45, 7) is 10.7. The average molecular weight is 280 g/mol. The number of aryl methyl sites for hydroxylation is 2. The van der Waals surface area contributed by atoms with Crippen LogP contribution in [0.4, 0.5) is 0 Å². The van der Waals surface area contributed by atoms with Gasteiger partial charge in [0.25, 0.3) is 0 Å². The van der Waals surface area contributed by atoms with Crippen molar-refractivity contribution in [3.8, 4) is 0 Å². The molecule has 0 bridgehead atoms. The van der Waals surface area contributed by atoms with E-state index in [0.29, 0.717) is 6.42 Å². The van der Waals surface area contributed by atoms with Crippen molar-refractivity contribution >= 4 is 5.78 Å². The average Bonchev–Trinajstić information content (AvgIpc) is 2.42. The minimum absolute atomic E-state index is 0.119. The molecule has 1 heteroatoms. The fourth-order valence-electron chi connectivity index (χ4n) is 2.55. The third-order valence-corrected chi connectivity index (χ3v) is 4.05. The molecule has 0 fully saturated rings. The highest BCUT2D eigenvalue weighted by Crippen LogP contribution is 2.23. The highest BCUT2D eigenvalue weighted by Gasteiger charge is 2.15. The molecule has 2 aromatic rings. The van der Waals surface area contributed by atoms with E-state index in [9.17, 15) is 4.79 Å². The van der Waals surface area contributed by atoms with E-state index < -0.39 is 0 Å². The SMILES string of the molecule is Cc1cccc(C)c1CC(=O)c1ccc(C(C)(C)C)cc1. The van der Waals surface area contributed by atoms with E-state index in [0.717, 1.165) is 11.1 Å². The molecule has 110 valence electrons. The van der Waals surface area contributed by atoms with Crippen molar-refractivity contribution in [3.05, 3.63) is 70.3 Å². The summed E-state index contributed by atoms with van der Waals surface area (Å²) >= 11 is 0. The summed E-state index contributed by atoms with van der Waals surface area (Å²) in [5.41, 5.74) is 5.71. The third kappa shape index (κ3) is 3.60. The van der Waals surface area contributed by atoms with Crippen LogP contribution < -0.4 is 0 Å². The summed E-state index contributed by atoms with van der Waals surface area (Å²) in [6, 6.07) is 14.2. The van der Waals surface area contributed by atoms with Crippen LogP contribution in [0.5, 0.6) is 0 Å². The van der Waals surface area contributed by atoms with Crippen LogP contribution in [0.1, 0.15) is 53.4 Å². The highest BCUT2D eigenvalue weighted by atomic mass is 16.1. The molecule has 2 rings (SSSR count). The zero-order chi connectivity index (χ0) is 15.6. The number of Topliss-reactive ketones (excluding diaryl/α,β-unsaturated/α-hetero) is 1. The van der Waals surface area contributed by atoms with E-state index in [4.69, 9.17) is 0 Å². The molecule has 0 amide bonds. The van der Waals surface area contributed by atoms with Gasteiger partial charge in [0.05, 0.1) is 0 Å². The van der Waals surface area contributed by atoms with Gasteiger partial charge in [0.2, 0.25) is 0 Å². The number of carbonyl (C=O) groups excluding carboxylic acids is 1. The Morgan fingerprint density at radius 1 is 0.905 bits per heavy atom. The molecular weight excluding hydrogens is 256 g/mol. The van der Waals surface area contributed by atoms with Crippen molar-refractivity contribution in [1.82, 2.24) is 0 Å². The van der Waals surface area contributed by atoms with Crippen molar-refractivity contribution in [3.63, 3.8) is 0 Å². The van der Waals surface area contributed by atoms with Gasteiger partial charge >= 0.3 is 0 Å². The molecule has 0 aromatic heterocycles. The molecule has 21 heavy (non-hydrogen) atoms. The lowest BCUT2D eigenvalue weighted by Crippen LogP contribution is -2.12. The van der Waals surface area contributed by atoms with E-state index in [-0.39, 0.29) is 11.2 Å². The molecule has 0 aliphatic rings. The second-order valence-corrected chi connectivity index (χ2v) is 6.80. The van der Waals surface area contributed by atoms with E-state index in [1.165, 1.54) is 16.7 Å². The van der Waals surface area contributed by atoms with Gasteiger partial charge < -0.3 is 0 Å². The van der Waals surface area contributed by atoms with Gasteiger partial charge in [-0.15, -0.1) is 0 Å². The molecule has 0 aliphatic carbocycles. The van der Waals surface area contributed by atoms with Crippen LogP contribution in [0.15, 0.2) is 42.5 Å². The molecule has 1 nitrogen and oxygen atoms in total. The summed E-state index contributed by atoms with van der Waals surface area (Å²) in [7, 11) is 0. The van der Waals surface area contributed by atoms with Gasteiger partial charge in [0.1, 0.15) is 0 Å². The maximum atomic E-state index is 12.5.